The minimum Gasteiger partial charge on any atom is -0.270 e. The van der Waals surface area contributed by atoms with Crippen LogP contribution in [0.4, 0.5) is 5.69 Å². The molecule has 1 fully saturated rings. The molecule has 0 atom stereocenters. The molecular weight excluding hydrogens is 363 g/mol. The Bertz CT molecular complexity index is 501. The number of hydrogen-bond donors (Lipinski definition) is 1. The van der Waals surface area contributed by atoms with Crippen molar-refractivity contribution in [3.63, 3.8) is 0 Å². The molecule has 102 valence electrons. The smallest absolute Gasteiger partial charge is 0.270 e. The Morgan fingerprint density at radius 3 is 2.74 bits per heavy atom. The van der Waals surface area contributed by atoms with Gasteiger partial charge in [0.25, 0.3) is 11.6 Å². The van der Waals surface area contributed by atoms with E-state index in [1.807, 2.05) is 22.6 Å². The summed E-state index contributed by atoms with van der Waals surface area (Å²) in [6.45, 7) is 0. The first-order valence-corrected chi connectivity index (χ1v) is 7.05. The lowest BCUT2D eigenvalue weighted by atomic mass is 10.2. The normalized spacial score (nSPS) is 15.4. The average molecular weight is 376 g/mol. The fourth-order valence-electron chi connectivity index (χ4n) is 2.05. The molecule has 0 saturated heterocycles. The van der Waals surface area contributed by atoms with Crippen molar-refractivity contribution in [3.8, 4) is 0 Å². The molecule has 0 radical (unpaired) electrons. The quantitative estimate of drug-likeness (QED) is 0.498. The molecule has 0 aromatic heterocycles. The largest absolute Gasteiger partial charge is 0.283 e. The second kappa shape index (κ2) is 6.29. The van der Waals surface area contributed by atoms with Crippen LogP contribution in [0, 0.1) is 13.7 Å². The van der Waals surface area contributed by atoms with E-state index >= 15 is 0 Å². The molecule has 6 nitrogen and oxygen atoms in total. The van der Waals surface area contributed by atoms with Crippen molar-refractivity contribution in [2.75, 3.05) is 0 Å². The number of amides is 1. The van der Waals surface area contributed by atoms with E-state index in [4.69, 9.17) is 4.84 Å². The number of carbonyl (C=O) groups excluding carboxylic acids is 1. The maximum Gasteiger partial charge on any atom is 0.283 e. The standard InChI is InChI=1S/C12H13IN2O4/c13-8-5-6-10(11(7-8)15(17)18)12(16)14-19-9-3-1-2-4-9/h5-7,9H,1-4H2,(H,14,16). The minimum atomic E-state index is -0.574. The number of nitrogens with one attached hydrogen (secondary N) is 1. The lowest BCUT2D eigenvalue weighted by molar-refractivity contribution is -0.385. The third kappa shape index (κ3) is 3.63. The predicted molar refractivity (Wildman–Crippen MR) is 76.6 cm³/mol. The topological polar surface area (TPSA) is 81.5 Å². The van der Waals surface area contributed by atoms with Crippen LogP contribution in [0.5, 0.6) is 0 Å². The van der Waals surface area contributed by atoms with E-state index in [2.05, 4.69) is 5.48 Å². The van der Waals surface area contributed by atoms with E-state index in [0.29, 0.717) is 3.57 Å². The summed E-state index contributed by atoms with van der Waals surface area (Å²) in [7, 11) is 0. The van der Waals surface area contributed by atoms with Crippen LogP contribution in [0.25, 0.3) is 0 Å². The van der Waals surface area contributed by atoms with E-state index in [1.165, 1.54) is 12.1 Å². The van der Waals surface area contributed by atoms with Crippen molar-refractivity contribution in [3.05, 3.63) is 37.4 Å². The maximum absolute atomic E-state index is 11.9. The molecule has 1 saturated carbocycles. The van der Waals surface area contributed by atoms with Crippen molar-refractivity contribution in [1.82, 2.24) is 5.48 Å². The van der Waals surface area contributed by atoms with E-state index in [1.54, 1.807) is 6.07 Å². The first kappa shape index (κ1) is 14.2. The summed E-state index contributed by atoms with van der Waals surface area (Å²) in [5.41, 5.74) is 2.12. The van der Waals surface area contributed by atoms with Crippen LogP contribution in [0.2, 0.25) is 0 Å². The molecule has 0 unspecified atom stereocenters. The van der Waals surface area contributed by atoms with Gasteiger partial charge in [-0.3, -0.25) is 19.7 Å². The van der Waals surface area contributed by atoms with Crippen LogP contribution >= 0.6 is 22.6 Å². The van der Waals surface area contributed by atoms with Gasteiger partial charge in [-0.2, -0.15) is 0 Å². The molecule has 1 aromatic carbocycles. The van der Waals surface area contributed by atoms with Gasteiger partial charge in [0.2, 0.25) is 0 Å². The average Bonchev–Trinajstić information content (AvgIpc) is 2.88. The summed E-state index contributed by atoms with van der Waals surface area (Å²) in [5.74, 6) is -0.574. The Labute approximate surface area is 123 Å². The van der Waals surface area contributed by atoms with Crippen molar-refractivity contribution in [1.29, 1.82) is 0 Å². The molecule has 0 heterocycles. The van der Waals surface area contributed by atoms with Gasteiger partial charge in [0.05, 0.1) is 11.0 Å². The second-order valence-corrected chi connectivity index (χ2v) is 5.62. The van der Waals surface area contributed by atoms with Gasteiger partial charge in [0, 0.05) is 9.64 Å². The van der Waals surface area contributed by atoms with Gasteiger partial charge in [-0.1, -0.05) is 12.8 Å². The highest BCUT2D eigenvalue weighted by atomic mass is 127. The summed E-state index contributed by atoms with van der Waals surface area (Å²) < 4.78 is 0.706. The molecule has 0 bridgehead atoms. The summed E-state index contributed by atoms with van der Waals surface area (Å²) in [5, 5.41) is 10.9. The first-order valence-electron chi connectivity index (χ1n) is 5.98. The number of nitro benzene ring substituents is 1. The minimum absolute atomic E-state index is 0.0170. The van der Waals surface area contributed by atoms with Crippen molar-refractivity contribution in [2.24, 2.45) is 0 Å². The Morgan fingerprint density at radius 1 is 1.42 bits per heavy atom. The third-order valence-corrected chi connectivity index (χ3v) is 3.69. The molecule has 1 N–H and O–H groups in total. The van der Waals surface area contributed by atoms with E-state index < -0.39 is 10.8 Å². The Kier molecular flexibility index (Phi) is 4.70. The Morgan fingerprint density at radius 2 is 2.11 bits per heavy atom. The summed E-state index contributed by atoms with van der Waals surface area (Å²) in [6.07, 6.45) is 4.02. The number of nitrogens with zero attached hydrogens (tertiary/aromatic N) is 1. The number of nitro groups is 1. The predicted octanol–water partition coefficient (Wildman–Crippen LogP) is 2.80. The number of benzene rings is 1. The molecule has 7 heteroatoms. The maximum atomic E-state index is 11.9. The monoisotopic (exact) mass is 376 g/mol. The Balaban J connectivity index is 2.07. The van der Waals surface area contributed by atoms with Crippen LogP contribution < -0.4 is 5.48 Å². The second-order valence-electron chi connectivity index (χ2n) is 4.37. The van der Waals surface area contributed by atoms with Gasteiger partial charge in [0.15, 0.2) is 0 Å². The van der Waals surface area contributed by atoms with Crippen molar-refractivity contribution < 1.29 is 14.6 Å². The lowest BCUT2D eigenvalue weighted by Gasteiger charge is -2.11. The van der Waals surface area contributed by atoms with Crippen molar-refractivity contribution in [2.45, 2.75) is 31.8 Å². The molecule has 1 aromatic rings. The fraction of sp³-hybridized carbons (Fsp3) is 0.417. The SMILES string of the molecule is O=C(NOC1CCCC1)c1ccc(I)cc1[N+](=O)[O-]. The molecule has 2 rings (SSSR count). The van der Waals surface area contributed by atoms with Crippen molar-refractivity contribution >= 4 is 34.2 Å². The summed E-state index contributed by atoms with van der Waals surface area (Å²) >= 11 is 1.96. The van der Waals surface area contributed by atoms with E-state index in [-0.39, 0.29) is 17.4 Å². The summed E-state index contributed by atoms with van der Waals surface area (Å²) in [6, 6.07) is 4.45. The van der Waals surface area contributed by atoms with Gasteiger partial charge in [-0.15, -0.1) is 0 Å². The van der Waals surface area contributed by atoms with Crippen LogP contribution in [0.1, 0.15) is 36.0 Å². The van der Waals surface area contributed by atoms with Crippen LogP contribution in [0.15, 0.2) is 18.2 Å². The first-order chi connectivity index (χ1) is 9.08. The molecule has 0 aliphatic heterocycles. The number of hydrogen-bond acceptors (Lipinski definition) is 4. The van der Waals surface area contributed by atoms with Gasteiger partial charge in [0.1, 0.15) is 5.56 Å². The number of rotatable bonds is 4. The zero-order valence-electron chi connectivity index (χ0n) is 10.1. The van der Waals surface area contributed by atoms with Crippen LogP contribution in [-0.4, -0.2) is 16.9 Å². The van der Waals surface area contributed by atoms with Gasteiger partial charge in [-0.05, 0) is 47.6 Å². The highest BCUT2D eigenvalue weighted by Gasteiger charge is 2.22. The molecule has 1 amide bonds. The zero-order valence-corrected chi connectivity index (χ0v) is 12.3. The number of carbonyl (C=O) groups is 1. The van der Waals surface area contributed by atoms with E-state index in [9.17, 15) is 14.9 Å². The zero-order chi connectivity index (χ0) is 13.8. The Hall–Kier alpha value is -1.22. The van der Waals surface area contributed by atoms with Crippen LogP contribution in [0.3, 0.4) is 0 Å². The molecule has 19 heavy (non-hydrogen) atoms. The molecule has 0 spiro atoms. The lowest BCUT2D eigenvalue weighted by Crippen LogP contribution is -2.28. The van der Waals surface area contributed by atoms with Gasteiger partial charge < -0.3 is 0 Å². The van der Waals surface area contributed by atoms with Gasteiger partial charge in [-0.25, -0.2) is 5.48 Å². The molecular formula is C12H13IN2O4. The van der Waals surface area contributed by atoms with E-state index in [0.717, 1.165) is 25.7 Å². The number of hydroxylamine groups is 1. The van der Waals surface area contributed by atoms with Gasteiger partial charge >= 0.3 is 0 Å². The number of halogens is 1. The highest BCUT2D eigenvalue weighted by Crippen LogP contribution is 2.23. The molecule has 1 aliphatic carbocycles. The van der Waals surface area contributed by atoms with Crippen LogP contribution in [-0.2, 0) is 4.84 Å². The summed E-state index contributed by atoms with van der Waals surface area (Å²) in [4.78, 5) is 27.5. The highest BCUT2D eigenvalue weighted by molar-refractivity contribution is 14.1. The third-order valence-electron chi connectivity index (χ3n) is 3.02. The fourth-order valence-corrected chi connectivity index (χ4v) is 2.52. The molecule has 1 aliphatic rings.